The average Bonchev–Trinajstić information content (AvgIpc) is 3.73. The molecule has 0 spiro atoms. The van der Waals surface area contributed by atoms with E-state index in [1.165, 1.54) is 38.8 Å². The predicted octanol–water partition coefficient (Wildman–Crippen LogP) is 12.7. The number of hydrogen-bond acceptors (Lipinski definition) is 1. The van der Waals surface area contributed by atoms with E-state index in [0.29, 0.717) is 0 Å². The molecule has 0 unspecified atom stereocenters. The van der Waals surface area contributed by atoms with Crippen molar-refractivity contribution in [3.8, 4) is 16.8 Å². The molecule has 0 fully saturated rings. The highest BCUT2D eigenvalue weighted by molar-refractivity contribution is 6.26. The number of allylic oxidation sites excluding steroid dienone is 5. The SMILES string of the molecule is C=C1/C(=C\C(=C/C)c2cc3c4ccccc4oc3c3c4ccccc4n(-c4ccc(-c5ccccc5)cc4)c23)C(C)(C)c2ccccc21. The molecule has 0 radical (unpaired) electrons. The normalized spacial score (nSPS) is 15.4. The number of aromatic nitrogens is 1. The maximum absolute atomic E-state index is 6.73. The van der Waals surface area contributed by atoms with Crippen LogP contribution in [0.1, 0.15) is 37.5 Å². The molecule has 2 heterocycles. The van der Waals surface area contributed by atoms with Crippen molar-refractivity contribution < 1.29 is 4.42 Å². The minimum Gasteiger partial charge on any atom is -0.455 e. The van der Waals surface area contributed by atoms with Gasteiger partial charge in [0.25, 0.3) is 0 Å². The molecule has 0 saturated carbocycles. The zero-order valence-electron chi connectivity index (χ0n) is 27.4. The average molecular weight is 618 g/mol. The van der Waals surface area contributed by atoms with Crippen molar-refractivity contribution in [3.63, 3.8) is 0 Å². The van der Waals surface area contributed by atoms with Crippen molar-refractivity contribution in [1.82, 2.24) is 4.57 Å². The minimum absolute atomic E-state index is 0.173. The van der Waals surface area contributed by atoms with Gasteiger partial charge in [0.2, 0.25) is 0 Å². The molecule has 0 saturated heterocycles. The highest BCUT2D eigenvalue weighted by atomic mass is 16.3. The lowest BCUT2D eigenvalue weighted by Gasteiger charge is -2.23. The third-order valence-electron chi connectivity index (χ3n) is 10.4. The molecule has 1 aliphatic rings. The molecule has 9 rings (SSSR count). The summed E-state index contributed by atoms with van der Waals surface area (Å²) in [5, 5.41) is 4.56. The number of nitrogens with zero attached hydrogens (tertiary/aromatic N) is 1. The van der Waals surface area contributed by atoms with E-state index in [2.05, 4.69) is 171 Å². The zero-order chi connectivity index (χ0) is 32.6. The van der Waals surface area contributed by atoms with Crippen LogP contribution in [0.2, 0.25) is 0 Å². The van der Waals surface area contributed by atoms with Crippen LogP contribution in [0.15, 0.2) is 162 Å². The summed E-state index contributed by atoms with van der Waals surface area (Å²) in [5.74, 6) is 0. The molecule has 48 heavy (non-hydrogen) atoms. The lowest BCUT2D eigenvalue weighted by atomic mass is 9.81. The Hall–Kier alpha value is -5.86. The van der Waals surface area contributed by atoms with E-state index in [0.717, 1.165) is 55.2 Å². The Balaban J connectivity index is 1.37. The second-order valence-corrected chi connectivity index (χ2v) is 13.3. The number of benzene rings is 6. The van der Waals surface area contributed by atoms with E-state index in [4.69, 9.17) is 4.42 Å². The van der Waals surface area contributed by atoms with Crippen LogP contribution in [0.3, 0.4) is 0 Å². The highest BCUT2D eigenvalue weighted by Crippen LogP contribution is 2.51. The van der Waals surface area contributed by atoms with E-state index < -0.39 is 0 Å². The number of rotatable bonds is 4. The van der Waals surface area contributed by atoms with Crippen molar-refractivity contribution in [2.45, 2.75) is 26.2 Å². The maximum atomic E-state index is 6.73. The second kappa shape index (κ2) is 10.6. The number of furan rings is 1. The van der Waals surface area contributed by atoms with Gasteiger partial charge in [-0.05, 0) is 82.3 Å². The lowest BCUT2D eigenvalue weighted by Crippen LogP contribution is -2.15. The molecule has 2 aromatic heterocycles. The van der Waals surface area contributed by atoms with E-state index in [1.807, 2.05) is 6.07 Å². The van der Waals surface area contributed by atoms with Crippen molar-refractivity contribution in [1.29, 1.82) is 0 Å². The van der Waals surface area contributed by atoms with Gasteiger partial charge in [-0.2, -0.15) is 0 Å². The Morgan fingerprint density at radius 3 is 2.15 bits per heavy atom. The molecule has 8 aromatic rings. The van der Waals surface area contributed by atoms with Crippen LogP contribution in [-0.4, -0.2) is 4.57 Å². The predicted molar refractivity (Wildman–Crippen MR) is 204 cm³/mol. The van der Waals surface area contributed by atoms with Crippen LogP contribution in [0.4, 0.5) is 0 Å². The van der Waals surface area contributed by atoms with E-state index in [9.17, 15) is 0 Å². The van der Waals surface area contributed by atoms with Crippen LogP contribution in [0, 0.1) is 0 Å². The summed E-state index contributed by atoms with van der Waals surface area (Å²) in [6.07, 6.45) is 4.63. The molecule has 0 atom stereocenters. The second-order valence-electron chi connectivity index (χ2n) is 13.3. The third-order valence-corrected chi connectivity index (χ3v) is 10.4. The smallest absolute Gasteiger partial charge is 0.145 e. The lowest BCUT2D eigenvalue weighted by molar-refractivity contribution is 0.661. The van der Waals surface area contributed by atoms with Crippen LogP contribution in [-0.2, 0) is 5.41 Å². The Labute approximate surface area is 280 Å². The fraction of sp³-hybridized carbons (Fsp3) is 0.0870. The summed E-state index contributed by atoms with van der Waals surface area (Å²) >= 11 is 0. The van der Waals surface area contributed by atoms with Crippen LogP contribution in [0.5, 0.6) is 0 Å². The summed E-state index contributed by atoms with van der Waals surface area (Å²) in [6, 6.07) is 47.7. The molecule has 0 amide bonds. The first-order valence-electron chi connectivity index (χ1n) is 16.7. The zero-order valence-corrected chi connectivity index (χ0v) is 27.4. The highest BCUT2D eigenvalue weighted by Gasteiger charge is 2.37. The summed E-state index contributed by atoms with van der Waals surface area (Å²) in [6.45, 7) is 11.4. The van der Waals surface area contributed by atoms with E-state index in [-0.39, 0.29) is 5.41 Å². The van der Waals surface area contributed by atoms with Gasteiger partial charge in [0, 0.05) is 32.8 Å². The van der Waals surface area contributed by atoms with Crippen molar-refractivity contribution in [3.05, 3.63) is 174 Å². The van der Waals surface area contributed by atoms with Gasteiger partial charge in [-0.1, -0.05) is 130 Å². The van der Waals surface area contributed by atoms with Gasteiger partial charge in [-0.3, -0.25) is 0 Å². The van der Waals surface area contributed by atoms with Gasteiger partial charge in [0.05, 0.1) is 16.4 Å². The van der Waals surface area contributed by atoms with Gasteiger partial charge in [-0.15, -0.1) is 0 Å². The summed E-state index contributed by atoms with van der Waals surface area (Å²) in [4.78, 5) is 0. The van der Waals surface area contributed by atoms with Crippen LogP contribution in [0.25, 0.3) is 71.7 Å². The number of fused-ring (bicyclic) bond motifs is 8. The molecule has 2 heteroatoms. The Morgan fingerprint density at radius 1 is 0.708 bits per heavy atom. The molecule has 2 nitrogen and oxygen atoms in total. The Bertz CT molecular complexity index is 2640. The monoisotopic (exact) mass is 617 g/mol. The molecule has 6 aromatic carbocycles. The van der Waals surface area contributed by atoms with Crippen molar-refractivity contribution >= 4 is 54.9 Å². The van der Waals surface area contributed by atoms with Gasteiger partial charge >= 0.3 is 0 Å². The maximum Gasteiger partial charge on any atom is 0.145 e. The Kier molecular flexibility index (Phi) is 6.26. The van der Waals surface area contributed by atoms with Gasteiger partial charge < -0.3 is 8.98 Å². The quantitative estimate of drug-likeness (QED) is 0.192. The topological polar surface area (TPSA) is 18.1 Å². The molecule has 1 aliphatic carbocycles. The first-order chi connectivity index (χ1) is 23.5. The minimum atomic E-state index is -0.173. The third kappa shape index (κ3) is 4.06. The van der Waals surface area contributed by atoms with E-state index >= 15 is 0 Å². The van der Waals surface area contributed by atoms with Gasteiger partial charge in [-0.25, -0.2) is 0 Å². The molecule has 230 valence electrons. The standard InChI is InChI=1S/C46H35NO/c1-5-30(27-40-29(2)34-17-9-12-20-39(34)46(40,3)4)37-28-38-35-18-11-14-22-42(35)48-45(38)43-36-19-10-13-21-41(36)47(44(37)43)33-25-23-32(24-26-33)31-15-7-6-8-16-31/h5-28H,2H2,1,3-4H3/b30-5+,40-27+. The largest absolute Gasteiger partial charge is 0.455 e. The first-order valence-corrected chi connectivity index (χ1v) is 16.7. The summed E-state index contributed by atoms with van der Waals surface area (Å²) < 4.78 is 9.16. The van der Waals surface area contributed by atoms with Crippen LogP contribution >= 0.6 is 0 Å². The Morgan fingerprint density at radius 2 is 1.38 bits per heavy atom. The summed E-state index contributed by atoms with van der Waals surface area (Å²) in [7, 11) is 0. The molecular formula is C46H35NO. The number of para-hydroxylation sites is 2. The van der Waals surface area contributed by atoms with E-state index in [1.54, 1.807) is 0 Å². The summed E-state index contributed by atoms with van der Waals surface area (Å²) in [5.41, 5.74) is 14.7. The first kappa shape index (κ1) is 28.4. The molecule has 0 bridgehead atoms. The van der Waals surface area contributed by atoms with Crippen LogP contribution < -0.4 is 0 Å². The fourth-order valence-corrected chi connectivity index (χ4v) is 7.95. The molecular weight excluding hydrogens is 583 g/mol. The number of hydrogen-bond donors (Lipinski definition) is 0. The van der Waals surface area contributed by atoms with Crippen molar-refractivity contribution in [2.24, 2.45) is 0 Å². The molecule has 0 N–H and O–H groups in total. The van der Waals surface area contributed by atoms with Crippen molar-refractivity contribution in [2.75, 3.05) is 0 Å². The van der Waals surface area contributed by atoms with Gasteiger partial charge in [0.1, 0.15) is 11.2 Å². The molecule has 0 aliphatic heterocycles. The van der Waals surface area contributed by atoms with Gasteiger partial charge in [0.15, 0.2) is 0 Å². The fourth-order valence-electron chi connectivity index (χ4n) is 7.95.